The van der Waals surface area contributed by atoms with Crippen LogP contribution < -0.4 is 14.8 Å². The first-order valence-electron chi connectivity index (χ1n) is 8.46. The standard InChI is InChI=1S/C19H22N2O4S/c1-13-3-4-14(2)18(11-13)21-26(23,24)17-9-7-16(8-10-17)25-12-19(22)20-15-5-6-15/h3-4,7-11,15,21H,5-6,12H2,1-2H3,(H,20,22). The summed E-state index contributed by atoms with van der Waals surface area (Å²) >= 11 is 0. The first kappa shape index (κ1) is 18.3. The molecule has 138 valence electrons. The maximum absolute atomic E-state index is 12.6. The van der Waals surface area contributed by atoms with Gasteiger partial charge in [-0.15, -0.1) is 0 Å². The normalized spacial score (nSPS) is 13.9. The van der Waals surface area contributed by atoms with Gasteiger partial charge in [0.15, 0.2) is 6.61 Å². The molecule has 1 amide bonds. The molecule has 2 aromatic carbocycles. The van der Waals surface area contributed by atoms with Gasteiger partial charge in [-0.2, -0.15) is 0 Å². The molecule has 0 unspecified atom stereocenters. The number of rotatable bonds is 7. The fourth-order valence-electron chi connectivity index (χ4n) is 2.41. The van der Waals surface area contributed by atoms with Crippen molar-refractivity contribution >= 4 is 21.6 Å². The molecule has 0 bridgehead atoms. The van der Waals surface area contributed by atoms with Crippen molar-refractivity contribution in [3.8, 4) is 5.75 Å². The summed E-state index contributed by atoms with van der Waals surface area (Å²) in [6, 6.07) is 11.9. The van der Waals surface area contributed by atoms with Crippen LogP contribution in [0.5, 0.6) is 5.75 Å². The fraction of sp³-hybridized carbons (Fsp3) is 0.316. The van der Waals surface area contributed by atoms with E-state index in [9.17, 15) is 13.2 Å². The van der Waals surface area contributed by atoms with Gasteiger partial charge >= 0.3 is 0 Å². The highest BCUT2D eigenvalue weighted by Crippen LogP contribution is 2.23. The molecule has 0 saturated heterocycles. The average molecular weight is 374 g/mol. The summed E-state index contributed by atoms with van der Waals surface area (Å²) in [5, 5.41) is 2.83. The highest BCUT2D eigenvalue weighted by atomic mass is 32.2. The van der Waals surface area contributed by atoms with E-state index in [1.165, 1.54) is 12.1 Å². The topological polar surface area (TPSA) is 84.5 Å². The molecule has 1 fully saturated rings. The number of carbonyl (C=O) groups excluding carboxylic acids is 1. The van der Waals surface area contributed by atoms with E-state index in [0.717, 1.165) is 24.0 Å². The lowest BCUT2D eigenvalue weighted by Crippen LogP contribution is -2.30. The third kappa shape index (κ3) is 4.76. The lowest BCUT2D eigenvalue weighted by atomic mass is 10.1. The molecule has 2 aromatic rings. The lowest BCUT2D eigenvalue weighted by molar-refractivity contribution is -0.123. The molecule has 0 spiro atoms. The van der Waals surface area contributed by atoms with Crippen LogP contribution >= 0.6 is 0 Å². The Morgan fingerprint density at radius 2 is 1.81 bits per heavy atom. The molecule has 2 N–H and O–H groups in total. The monoisotopic (exact) mass is 374 g/mol. The largest absolute Gasteiger partial charge is 0.484 e. The number of amides is 1. The van der Waals surface area contributed by atoms with Crippen LogP contribution in [0.4, 0.5) is 5.69 Å². The third-order valence-electron chi connectivity index (χ3n) is 4.08. The summed E-state index contributed by atoms with van der Waals surface area (Å²) in [5.41, 5.74) is 2.38. The Labute approximate surface area is 153 Å². The molecule has 0 aliphatic heterocycles. The van der Waals surface area contributed by atoms with E-state index < -0.39 is 10.0 Å². The number of aryl methyl sites for hydroxylation is 2. The van der Waals surface area contributed by atoms with Gasteiger partial charge in [-0.05, 0) is 68.1 Å². The van der Waals surface area contributed by atoms with E-state index in [0.29, 0.717) is 11.4 Å². The van der Waals surface area contributed by atoms with Crippen molar-refractivity contribution < 1.29 is 17.9 Å². The highest BCUT2D eigenvalue weighted by Gasteiger charge is 2.23. The Morgan fingerprint density at radius 1 is 1.12 bits per heavy atom. The molecule has 0 radical (unpaired) electrons. The van der Waals surface area contributed by atoms with E-state index in [1.807, 2.05) is 26.0 Å². The van der Waals surface area contributed by atoms with Gasteiger partial charge < -0.3 is 10.1 Å². The Balaban J connectivity index is 1.64. The van der Waals surface area contributed by atoms with E-state index in [2.05, 4.69) is 10.0 Å². The predicted octanol–water partition coefficient (Wildman–Crippen LogP) is 2.76. The van der Waals surface area contributed by atoms with Gasteiger partial charge in [0.25, 0.3) is 15.9 Å². The number of hydrogen-bond donors (Lipinski definition) is 2. The molecule has 6 nitrogen and oxygen atoms in total. The maximum Gasteiger partial charge on any atom is 0.261 e. The molecular formula is C19H22N2O4S. The molecule has 3 rings (SSSR count). The number of carbonyl (C=O) groups is 1. The summed E-state index contributed by atoms with van der Waals surface area (Å²) in [6.45, 7) is 3.67. The quantitative estimate of drug-likeness (QED) is 0.780. The van der Waals surface area contributed by atoms with Crippen LogP contribution in [0.3, 0.4) is 0 Å². The number of nitrogens with one attached hydrogen (secondary N) is 2. The SMILES string of the molecule is Cc1ccc(C)c(NS(=O)(=O)c2ccc(OCC(=O)NC3CC3)cc2)c1. The minimum atomic E-state index is -3.69. The summed E-state index contributed by atoms with van der Waals surface area (Å²) in [6.07, 6.45) is 2.04. The number of hydrogen-bond acceptors (Lipinski definition) is 4. The molecule has 0 heterocycles. The van der Waals surface area contributed by atoms with Crippen LogP contribution in [0.2, 0.25) is 0 Å². The molecule has 7 heteroatoms. The maximum atomic E-state index is 12.6. The van der Waals surface area contributed by atoms with E-state index in [1.54, 1.807) is 18.2 Å². The van der Waals surface area contributed by atoms with Gasteiger partial charge in [0.05, 0.1) is 10.6 Å². The Bertz CT molecular complexity index is 904. The van der Waals surface area contributed by atoms with E-state index in [4.69, 9.17) is 4.74 Å². The fourth-order valence-corrected chi connectivity index (χ4v) is 3.53. The molecule has 1 aliphatic carbocycles. The van der Waals surface area contributed by atoms with Crippen LogP contribution in [0, 0.1) is 13.8 Å². The second-order valence-corrected chi connectivity index (χ2v) is 8.21. The molecule has 0 aromatic heterocycles. The smallest absolute Gasteiger partial charge is 0.261 e. The average Bonchev–Trinajstić information content (AvgIpc) is 3.40. The van der Waals surface area contributed by atoms with Crippen LogP contribution in [-0.4, -0.2) is 27.0 Å². The molecular weight excluding hydrogens is 352 g/mol. The summed E-state index contributed by atoms with van der Waals surface area (Å²) in [7, 11) is -3.69. The predicted molar refractivity (Wildman–Crippen MR) is 99.8 cm³/mol. The van der Waals surface area contributed by atoms with Crippen molar-refractivity contribution in [1.82, 2.24) is 5.32 Å². The Hall–Kier alpha value is -2.54. The zero-order valence-electron chi connectivity index (χ0n) is 14.8. The Morgan fingerprint density at radius 3 is 2.46 bits per heavy atom. The van der Waals surface area contributed by atoms with Gasteiger partial charge in [-0.25, -0.2) is 8.42 Å². The summed E-state index contributed by atoms with van der Waals surface area (Å²) in [4.78, 5) is 11.7. The van der Waals surface area contributed by atoms with Gasteiger partial charge in [-0.1, -0.05) is 12.1 Å². The number of anilines is 1. The van der Waals surface area contributed by atoms with Gasteiger partial charge in [0, 0.05) is 6.04 Å². The molecule has 1 saturated carbocycles. The summed E-state index contributed by atoms with van der Waals surface area (Å²) < 4.78 is 33.1. The Kier molecular flexibility index (Phi) is 5.18. The second kappa shape index (κ2) is 7.37. The minimum absolute atomic E-state index is 0.0800. The van der Waals surface area contributed by atoms with Crippen LogP contribution in [-0.2, 0) is 14.8 Å². The first-order chi connectivity index (χ1) is 12.3. The van der Waals surface area contributed by atoms with Crippen molar-refractivity contribution in [2.75, 3.05) is 11.3 Å². The van der Waals surface area contributed by atoms with Crippen molar-refractivity contribution in [2.45, 2.75) is 37.6 Å². The first-order valence-corrected chi connectivity index (χ1v) is 9.94. The minimum Gasteiger partial charge on any atom is -0.484 e. The van der Waals surface area contributed by atoms with Crippen LogP contribution in [0.1, 0.15) is 24.0 Å². The van der Waals surface area contributed by atoms with E-state index in [-0.39, 0.29) is 23.5 Å². The highest BCUT2D eigenvalue weighted by molar-refractivity contribution is 7.92. The van der Waals surface area contributed by atoms with Crippen LogP contribution in [0.15, 0.2) is 47.4 Å². The van der Waals surface area contributed by atoms with Crippen molar-refractivity contribution in [1.29, 1.82) is 0 Å². The zero-order valence-corrected chi connectivity index (χ0v) is 15.6. The lowest BCUT2D eigenvalue weighted by Gasteiger charge is -2.12. The van der Waals surface area contributed by atoms with Crippen molar-refractivity contribution in [2.24, 2.45) is 0 Å². The van der Waals surface area contributed by atoms with Gasteiger partial charge in [0.2, 0.25) is 0 Å². The van der Waals surface area contributed by atoms with E-state index >= 15 is 0 Å². The van der Waals surface area contributed by atoms with Gasteiger partial charge in [-0.3, -0.25) is 9.52 Å². The zero-order chi connectivity index (χ0) is 18.7. The van der Waals surface area contributed by atoms with Crippen molar-refractivity contribution in [3.63, 3.8) is 0 Å². The molecule has 0 atom stereocenters. The third-order valence-corrected chi connectivity index (χ3v) is 5.47. The number of sulfonamides is 1. The molecule has 1 aliphatic rings. The second-order valence-electron chi connectivity index (χ2n) is 6.53. The molecule has 26 heavy (non-hydrogen) atoms. The number of ether oxygens (including phenoxy) is 1. The summed E-state index contributed by atoms with van der Waals surface area (Å²) in [5.74, 6) is 0.280. The number of benzene rings is 2. The van der Waals surface area contributed by atoms with Crippen molar-refractivity contribution in [3.05, 3.63) is 53.6 Å². The van der Waals surface area contributed by atoms with Crippen LogP contribution in [0.25, 0.3) is 0 Å². The van der Waals surface area contributed by atoms with Gasteiger partial charge in [0.1, 0.15) is 5.75 Å².